The molecule has 42 valence electrons. The summed E-state index contributed by atoms with van der Waals surface area (Å²) < 4.78 is 10.4. The molecule has 1 unspecified atom stereocenters. The Labute approximate surface area is 47.6 Å². The zero-order valence-electron chi connectivity index (χ0n) is 4.52. The summed E-state index contributed by atoms with van der Waals surface area (Å²) in [5.41, 5.74) is 0. The lowest BCUT2D eigenvalue weighted by Gasteiger charge is -2.16. The van der Waals surface area contributed by atoms with Gasteiger partial charge < -0.3 is 8.54 Å². The molecule has 1 aliphatic rings. The molecule has 1 rings (SSSR count). The van der Waals surface area contributed by atoms with Crippen molar-refractivity contribution in [3.05, 3.63) is 0 Å². The van der Waals surface area contributed by atoms with Gasteiger partial charge >= 0.3 is 0 Å². The van der Waals surface area contributed by atoms with E-state index >= 15 is 0 Å². The van der Waals surface area contributed by atoms with Crippen LogP contribution in [0.15, 0.2) is 0 Å². The predicted octanol–water partition coefficient (Wildman–Crippen LogP) is -0.614. The molecule has 4 heteroatoms. The fraction of sp³-hybridized carbons (Fsp3) is 1.00. The minimum absolute atomic E-state index is 0.477. The van der Waals surface area contributed by atoms with Crippen LogP contribution in [0.5, 0.6) is 0 Å². The van der Waals surface area contributed by atoms with Crippen molar-refractivity contribution >= 4 is 19.0 Å². The average Bonchev–Trinajstić information content (AvgIpc) is 1.69. The molecule has 0 aromatic carbocycles. The van der Waals surface area contributed by atoms with Crippen molar-refractivity contribution in [3.8, 4) is 0 Å². The van der Waals surface area contributed by atoms with Crippen LogP contribution in [0, 0.1) is 0 Å². The lowest BCUT2D eigenvalue weighted by atomic mass is 10.9. The van der Waals surface area contributed by atoms with Gasteiger partial charge in [0, 0.05) is 6.61 Å². The summed E-state index contributed by atoms with van der Waals surface area (Å²) in [4.78, 5) is 0. The zero-order chi connectivity index (χ0) is 5.11. The predicted molar refractivity (Wildman–Crippen MR) is 33.4 cm³/mol. The first-order valence-corrected chi connectivity index (χ1v) is 6.18. The van der Waals surface area contributed by atoms with Crippen LogP contribution < -0.4 is 0 Å². The molecule has 1 fully saturated rings. The maximum absolute atomic E-state index is 5.33. The third kappa shape index (κ3) is 1.73. The Kier molecular flexibility index (Phi) is 2.05. The molecule has 2 nitrogen and oxygen atoms in total. The summed E-state index contributed by atoms with van der Waals surface area (Å²) in [6.45, 7) is 3.22. The highest BCUT2D eigenvalue weighted by Crippen LogP contribution is 1.98. The largest absolute Gasteiger partial charge is 0.443 e. The second kappa shape index (κ2) is 2.61. The van der Waals surface area contributed by atoms with Crippen molar-refractivity contribution in [2.24, 2.45) is 0 Å². The van der Waals surface area contributed by atoms with E-state index in [0.29, 0.717) is 0 Å². The average molecular weight is 134 g/mol. The third-order valence-corrected chi connectivity index (χ3v) is 5.43. The third-order valence-electron chi connectivity index (χ3n) is 1.10. The van der Waals surface area contributed by atoms with Crippen LogP contribution in [0.3, 0.4) is 0 Å². The molecule has 0 aliphatic carbocycles. The SMILES string of the molecule is C[SiH]1CCO[SiH2]O1. The van der Waals surface area contributed by atoms with Crippen molar-refractivity contribution in [1.82, 2.24) is 0 Å². The van der Waals surface area contributed by atoms with E-state index in [4.69, 9.17) is 8.54 Å². The highest BCUT2D eigenvalue weighted by molar-refractivity contribution is 6.56. The second-order valence-corrected chi connectivity index (χ2v) is 5.97. The molecular weight excluding hydrogens is 124 g/mol. The van der Waals surface area contributed by atoms with Gasteiger partial charge in [0.2, 0.25) is 0 Å². The Morgan fingerprint density at radius 3 is 2.86 bits per heavy atom. The zero-order valence-corrected chi connectivity index (χ0v) is 7.08. The molecule has 0 N–H and O–H groups in total. The monoisotopic (exact) mass is 134 g/mol. The maximum atomic E-state index is 5.33. The first-order valence-electron chi connectivity index (χ1n) is 2.59. The fourth-order valence-electron chi connectivity index (χ4n) is 0.556. The topological polar surface area (TPSA) is 18.5 Å². The van der Waals surface area contributed by atoms with Gasteiger partial charge in [0.1, 0.15) is 0 Å². The van der Waals surface area contributed by atoms with E-state index in [9.17, 15) is 0 Å². The smallest absolute Gasteiger partial charge is 0.293 e. The number of hydrogen-bond acceptors (Lipinski definition) is 2. The molecular formula is C3H10O2Si2. The van der Waals surface area contributed by atoms with Crippen LogP contribution in [0.1, 0.15) is 0 Å². The Morgan fingerprint density at radius 1 is 1.71 bits per heavy atom. The fourth-order valence-corrected chi connectivity index (χ4v) is 3.65. The first kappa shape index (κ1) is 5.49. The Morgan fingerprint density at radius 2 is 2.57 bits per heavy atom. The number of rotatable bonds is 0. The molecule has 0 amide bonds. The van der Waals surface area contributed by atoms with Gasteiger partial charge in [0.05, 0.1) is 0 Å². The minimum Gasteiger partial charge on any atom is -0.443 e. The molecule has 0 bridgehead atoms. The van der Waals surface area contributed by atoms with Gasteiger partial charge in [-0.2, -0.15) is 0 Å². The van der Waals surface area contributed by atoms with Crippen molar-refractivity contribution in [2.45, 2.75) is 12.6 Å². The van der Waals surface area contributed by atoms with Crippen molar-refractivity contribution in [3.63, 3.8) is 0 Å². The summed E-state index contributed by atoms with van der Waals surface area (Å²) in [7, 11) is -1.14. The lowest BCUT2D eigenvalue weighted by molar-refractivity contribution is 0.281. The van der Waals surface area contributed by atoms with Crippen LogP contribution in [0.2, 0.25) is 12.6 Å². The summed E-state index contributed by atoms with van der Waals surface area (Å²) in [5.74, 6) is 0. The Bertz CT molecular complexity index is 52.9. The molecule has 1 aliphatic heterocycles. The van der Waals surface area contributed by atoms with E-state index in [2.05, 4.69) is 6.55 Å². The Hall–Kier alpha value is 0.354. The molecule has 1 saturated heterocycles. The standard InChI is InChI=1S/C3H10O2Si2/c1-7-3-2-4-6-5-7/h7H,2-3,6H2,1H3. The first-order chi connectivity index (χ1) is 3.39. The van der Waals surface area contributed by atoms with Gasteiger partial charge in [-0.15, -0.1) is 0 Å². The second-order valence-electron chi connectivity index (χ2n) is 1.79. The molecule has 0 saturated carbocycles. The van der Waals surface area contributed by atoms with Gasteiger partial charge in [-0.05, 0) is 12.6 Å². The Balaban J connectivity index is 2.12. The summed E-state index contributed by atoms with van der Waals surface area (Å²) in [5, 5.41) is 0. The van der Waals surface area contributed by atoms with E-state index in [-0.39, 0.29) is 0 Å². The maximum Gasteiger partial charge on any atom is 0.293 e. The minimum atomic E-state index is -0.658. The van der Waals surface area contributed by atoms with Crippen molar-refractivity contribution in [2.75, 3.05) is 6.61 Å². The molecule has 0 aromatic heterocycles. The lowest BCUT2D eigenvalue weighted by Crippen LogP contribution is -2.26. The van der Waals surface area contributed by atoms with Crippen molar-refractivity contribution in [1.29, 1.82) is 0 Å². The van der Waals surface area contributed by atoms with Gasteiger partial charge in [-0.1, -0.05) is 0 Å². The van der Waals surface area contributed by atoms with Crippen LogP contribution in [-0.4, -0.2) is 25.7 Å². The molecule has 7 heavy (non-hydrogen) atoms. The summed E-state index contributed by atoms with van der Waals surface area (Å²) in [6.07, 6.45) is 0. The number of hydrogen-bond donors (Lipinski definition) is 0. The van der Waals surface area contributed by atoms with E-state index in [1.165, 1.54) is 6.04 Å². The molecule has 0 radical (unpaired) electrons. The van der Waals surface area contributed by atoms with Crippen molar-refractivity contribution < 1.29 is 8.54 Å². The van der Waals surface area contributed by atoms with Gasteiger partial charge in [-0.3, -0.25) is 0 Å². The van der Waals surface area contributed by atoms with E-state index in [1.54, 1.807) is 0 Å². The van der Waals surface area contributed by atoms with Crippen LogP contribution >= 0.6 is 0 Å². The van der Waals surface area contributed by atoms with Crippen LogP contribution in [-0.2, 0) is 8.54 Å². The quantitative estimate of drug-likeness (QED) is 0.411. The van der Waals surface area contributed by atoms with Crippen LogP contribution in [0.25, 0.3) is 0 Å². The van der Waals surface area contributed by atoms with Gasteiger partial charge in [0.15, 0.2) is 9.04 Å². The van der Waals surface area contributed by atoms with E-state index in [1.807, 2.05) is 0 Å². The van der Waals surface area contributed by atoms with Gasteiger partial charge in [-0.25, -0.2) is 0 Å². The summed E-state index contributed by atoms with van der Waals surface area (Å²) >= 11 is 0. The molecule has 1 heterocycles. The molecule has 1 atom stereocenters. The molecule has 0 spiro atoms. The van der Waals surface area contributed by atoms with E-state index < -0.39 is 19.0 Å². The van der Waals surface area contributed by atoms with Gasteiger partial charge in [0.25, 0.3) is 10.0 Å². The highest BCUT2D eigenvalue weighted by atomic mass is 28.4. The molecule has 0 aromatic rings. The normalized spacial score (nSPS) is 36.4. The van der Waals surface area contributed by atoms with E-state index in [0.717, 1.165) is 6.61 Å². The summed E-state index contributed by atoms with van der Waals surface area (Å²) in [6, 6.07) is 1.22. The van der Waals surface area contributed by atoms with Crippen LogP contribution in [0.4, 0.5) is 0 Å². The highest BCUT2D eigenvalue weighted by Gasteiger charge is 2.08.